The zero-order valence-corrected chi connectivity index (χ0v) is 10.8. The largest absolute Gasteiger partial charge is 0.478 e. The molecule has 6 nitrogen and oxygen atoms in total. The van der Waals surface area contributed by atoms with Gasteiger partial charge in [-0.15, -0.1) is 11.3 Å². The van der Waals surface area contributed by atoms with Gasteiger partial charge in [-0.2, -0.15) is 0 Å². The highest BCUT2D eigenvalue weighted by atomic mass is 32.1. The molecule has 0 spiro atoms. The van der Waals surface area contributed by atoms with Crippen molar-refractivity contribution < 1.29 is 14.7 Å². The van der Waals surface area contributed by atoms with Crippen LogP contribution in [0.25, 0.3) is 0 Å². The number of aromatic nitrogens is 1. The van der Waals surface area contributed by atoms with E-state index in [9.17, 15) is 9.59 Å². The maximum absolute atomic E-state index is 11.6. The Bertz CT molecular complexity index is 611. The number of carboxylic acid groups (broad SMARTS) is 1. The summed E-state index contributed by atoms with van der Waals surface area (Å²) in [7, 11) is 0. The molecule has 2 aromatic rings. The molecule has 2 rings (SSSR count). The lowest BCUT2D eigenvalue weighted by molar-refractivity contribution is 0.0696. The van der Waals surface area contributed by atoms with Crippen LogP contribution in [0.1, 0.15) is 15.9 Å². The molecule has 0 unspecified atom stereocenters. The lowest BCUT2D eigenvalue weighted by atomic mass is 10.1. The Morgan fingerprint density at radius 3 is 2.68 bits per heavy atom. The molecule has 2 amide bonds. The summed E-state index contributed by atoms with van der Waals surface area (Å²) < 4.78 is 0. The summed E-state index contributed by atoms with van der Waals surface area (Å²) in [6, 6.07) is 4.18. The first kappa shape index (κ1) is 13.0. The fraction of sp³-hybridized carbons (Fsp3) is 0.0833. The summed E-state index contributed by atoms with van der Waals surface area (Å²) in [6.45, 7) is 1.67. The first-order valence-electron chi connectivity index (χ1n) is 5.37. The van der Waals surface area contributed by atoms with Crippen molar-refractivity contribution in [3.63, 3.8) is 0 Å². The Morgan fingerprint density at radius 1 is 1.32 bits per heavy atom. The number of nitrogens with zero attached hydrogens (tertiary/aromatic N) is 1. The van der Waals surface area contributed by atoms with Crippen molar-refractivity contribution >= 4 is 34.2 Å². The second kappa shape index (κ2) is 5.49. The van der Waals surface area contributed by atoms with E-state index in [1.165, 1.54) is 23.5 Å². The van der Waals surface area contributed by atoms with E-state index in [1.807, 2.05) is 0 Å². The highest BCUT2D eigenvalue weighted by Crippen LogP contribution is 2.16. The highest BCUT2D eigenvalue weighted by Gasteiger charge is 2.09. The quantitative estimate of drug-likeness (QED) is 0.804. The molecule has 0 aliphatic carbocycles. The molecule has 0 aliphatic rings. The van der Waals surface area contributed by atoms with Crippen molar-refractivity contribution in [3.8, 4) is 0 Å². The average Bonchev–Trinajstić information content (AvgIpc) is 2.81. The van der Waals surface area contributed by atoms with Gasteiger partial charge in [0.05, 0.1) is 5.56 Å². The SMILES string of the molecule is Cc1cc(NC(=O)Nc2nccs2)ccc1C(=O)O. The van der Waals surface area contributed by atoms with E-state index in [-0.39, 0.29) is 5.56 Å². The van der Waals surface area contributed by atoms with Gasteiger partial charge in [0.15, 0.2) is 5.13 Å². The van der Waals surface area contributed by atoms with Crippen LogP contribution in [0.4, 0.5) is 15.6 Å². The number of anilines is 2. The fourth-order valence-corrected chi connectivity index (χ4v) is 2.05. The predicted octanol–water partition coefficient (Wildman–Crippen LogP) is 2.79. The summed E-state index contributed by atoms with van der Waals surface area (Å²) >= 11 is 1.31. The van der Waals surface area contributed by atoms with Crippen molar-refractivity contribution in [1.29, 1.82) is 0 Å². The second-order valence-electron chi connectivity index (χ2n) is 3.75. The zero-order chi connectivity index (χ0) is 13.8. The van der Waals surface area contributed by atoms with Gasteiger partial charge in [-0.25, -0.2) is 14.6 Å². The number of nitrogens with one attached hydrogen (secondary N) is 2. The van der Waals surface area contributed by atoms with Gasteiger partial charge in [0.2, 0.25) is 0 Å². The lowest BCUT2D eigenvalue weighted by Crippen LogP contribution is -2.19. The van der Waals surface area contributed by atoms with Gasteiger partial charge >= 0.3 is 12.0 Å². The number of aromatic carboxylic acids is 1. The normalized spacial score (nSPS) is 9.95. The molecule has 1 aromatic carbocycles. The van der Waals surface area contributed by atoms with Crippen LogP contribution in [-0.2, 0) is 0 Å². The van der Waals surface area contributed by atoms with Crippen LogP contribution in [0.15, 0.2) is 29.8 Å². The Kier molecular flexibility index (Phi) is 3.76. The Labute approximate surface area is 113 Å². The number of thiazole rings is 1. The summed E-state index contributed by atoms with van der Waals surface area (Å²) in [5.41, 5.74) is 1.32. The Balaban J connectivity index is 2.05. The molecular formula is C12H11N3O3S. The minimum absolute atomic E-state index is 0.214. The molecule has 1 heterocycles. The molecule has 3 N–H and O–H groups in total. The minimum Gasteiger partial charge on any atom is -0.478 e. The minimum atomic E-state index is -0.990. The van der Waals surface area contributed by atoms with Crippen LogP contribution in [0.2, 0.25) is 0 Å². The van der Waals surface area contributed by atoms with Gasteiger partial charge in [0, 0.05) is 17.3 Å². The van der Waals surface area contributed by atoms with E-state index in [0.29, 0.717) is 16.4 Å². The van der Waals surface area contributed by atoms with E-state index in [4.69, 9.17) is 5.11 Å². The third-order valence-corrected chi connectivity index (χ3v) is 3.06. The molecule has 0 bridgehead atoms. The third-order valence-electron chi connectivity index (χ3n) is 2.37. The van der Waals surface area contributed by atoms with Crippen LogP contribution >= 0.6 is 11.3 Å². The van der Waals surface area contributed by atoms with Gasteiger partial charge in [-0.05, 0) is 30.7 Å². The molecule has 1 aromatic heterocycles. The second-order valence-corrected chi connectivity index (χ2v) is 4.65. The molecular weight excluding hydrogens is 266 g/mol. The molecule has 0 radical (unpaired) electrons. The van der Waals surface area contributed by atoms with Gasteiger partial charge in [-0.1, -0.05) is 0 Å². The maximum atomic E-state index is 11.6. The number of carbonyl (C=O) groups excluding carboxylic acids is 1. The molecule has 0 aliphatic heterocycles. The number of benzene rings is 1. The number of hydrogen-bond donors (Lipinski definition) is 3. The number of carbonyl (C=O) groups is 2. The monoisotopic (exact) mass is 277 g/mol. The summed E-state index contributed by atoms with van der Waals surface area (Å²) in [6.07, 6.45) is 1.59. The first-order chi connectivity index (χ1) is 9.06. The lowest BCUT2D eigenvalue weighted by Gasteiger charge is -2.07. The number of rotatable bonds is 3. The van der Waals surface area contributed by atoms with Crippen LogP contribution in [0.3, 0.4) is 0 Å². The Hall–Kier alpha value is -2.41. The van der Waals surface area contributed by atoms with E-state index >= 15 is 0 Å². The molecule has 0 saturated carbocycles. The van der Waals surface area contributed by atoms with Crippen LogP contribution in [0.5, 0.6) is 0 Å². The van der Waals surface area contributed by atoms with Gasteiger partial charge in [0.1, 0.15) is 0 Å². The number of aryl methyl sites for hydroxylation is 1. The van der Waals surface area contributed by atoms with Crippen LogP contribution in [-0.4, -0.2) is 22.1 Å². The Morgan fingerprint density at radius 2 is 2.11 bits per heavy atom. The third kappa shape index (κ3) is 3.29. The standard InChI is InChI=1S/C12H11N3O3S/c1-7-6-8(2-3-9(7)10(16)17)14-11(18)15-12-13-4-5-19-12/h2-6H,1H3,(H,16,17)(H2,13,14,15,18). The fourth-order valence-electron chi connectivity index (χ4n) is 1.53. The maximum Gasteiger partial charge on any atom is 0.335 e. The molecule has 0 saturated heterocycles. The molecule has 98 valence electrons. The highest BCUT2D eigenvalue weighted by molar-refractivity contribution is 7.13. The number of carboxylic acids is 1. The molecule has 0 fully saturated rings. The van der Waals surface area contributed by atoms with Crippen molar-refractivity contribution in [2.45, 2.75) is 6.92 Å². The van der Waals surface area contributed by atoms with E-state index in [1.54, 1.807) is 24.6 Å². The van der Waals surface area contributed by atoms with Crippen molar-refractivity contribution in [2.24, 2.45) is 0 Å². The van der Waals surface area contributed by atoms with E-state index in [0.717, 1.165) is 0 Å². The average molecular weight is 277 g/mol. The van der Waals surface area contributed by atoms with Crippen molar-refractivity contribution in [3.05, 3.63) is 40.9 Å². The van der Waals surface area contributed by atoms with E-state index < -0.39 is 12.0 Å². The van der Waals surface area contributed by atoms with Crippen molar-refractivity contribution in [2.75, 3.05) is 10.6 Å². The van der Waals surface area contributed by atoms with E-state index in [2.05, 4.69) is 15.6 Å². The summed E-state index contributed by atoms with van der Waals surface area (Å²) in [5.74, 6) is -0.990. The molecule has 0 atom stereocenters. The number of urea groups is 1. The van der Waals surface area contributed by atoms with Gasteiger partial charge in [-0.3, -0.25) is 5.32 Å². The zero-order valence-electron chi connectivity index (χ0n) is 10.0. The van der Waals surface area contributed by atoms with Gasteiger partial charge < -0.3 is 10.4 Å². The first-order valence-corrected chi connectivity index (χ1v) is 6.25. The van der Waals surface area contributed by atoms with Crippen molar-refractivity contribution in [1.82, 2.24) is 4.98 Å². The molecule has 7 heteroatoms. The summed E-state index contributed by atoms with van der Waals surface area (Å²) in [4.78, 5) is 26.4. The topological polar surface area (TPSA) is 91.3 Å². The predicted molar refractivity (Wildman–Crippen MR) is 72.9 cm³/mol. The summed E-state index contributed by atoms with van der Waals surface area (Å²) in [5, 5.41) is 16.3. The van der Waals surface area contributed by atoms with Crippen LogP contribution in [0, 0.1) is 6.92 Å². The molecule has 19 heavy (non-hydrogen) atoms. The number of hydrogen-bond acceptors (Lipinski definition) is 4. The van der Waals surface area contributed by atoms with Gasteiger partial charge in [0.25, 0.3) is 0 Å². The smallest absolute Gasteiger partial charge is 0.335 e. The number of amides is 2. The van der Waals surface area contributed by atoms with Crippen LogP contribution < -0.4 is 10.6 Å².